The van der Waals surface area contributed by atoms with Crippen LogP contribution in [-0.2, 0) is 32.2 Å². The second-order valence-corrected chi connectivity index (χ2v) is 13.9. The standard InChI is InChI=1S/C41H46N2O6/c1-41(2,3)49-39(46)36-16-9-21-43(36)26-35-24-37(30-19-17-28(27-44)18-20-30)48-40(47-35)34-15-8-14-33(23-34)32-13-7-10-29(22-32)25-42-38(45)31-11-5-4-6-12-31/h4-8,10-15,17-20,22-23,35-37,40,44H,9,16,21,24-27H2,1-3H3,(H,42,45). The fraction of sp³-hybridized carbons (Fsp3) is 0.366. The molecule has 8 nitrogen and oxygen atoms in total. The van der Waals surface area contributed by atoms with E-state index in [1.165, 1.54) is 0 Å². The van der Waals surface area contributed by atoms with Crippen molar-refractivity contribution in [2.45, 2.75) is 83.3 Å². The molecule has 4 atom stereocenters. The van der Waals surface area contributed by atoms with E-state index in [-0.39, 0.29) is 36.7 Å². The van der Waals surface area contributed by atoms with Crippen LogP contribution in [0.25, 0.3) is 11.1 Å². The molecule has 49 heavy (non-hydrogen) atoms. The number of nitrogens with zero attached hydrogens (tertiary/aromatic N) is 1. The molecule has 6 rings (SSSR count). The number of likely N-dealkylation sites (tertiary alicyclic amines) is 1. The summed E-state index contributed by atoms with van der Waals surface area (Å²) in [5.74, 6) is -0.291. The van der Waals surface area contributed by atoms with Gasteiger partial charge in [-0.05, 0) is 92.2 Å². The Morgan fingerprint density at radius 3 is 2.33 bits per heavy atom. The number of nitrogens with one attached hydrogen (secondary N) is 1. The van der Waals surface area contributed by atoms with E-state index in [9.17, 15) is 14.7 Å². The van der Waals surface area contributed by atoms with Gasteiger partial charge in [-0.25, -0.2) is 0 Å². The van der Waals surface area contributed by atoms with Crippen LogP contribution in [0, 0.1) is 0 Å². The molecule has 0 spiro atoms. The van der Waals surface area contributed by atoms with E-state index >= 15 is 0 Å². The van der Waals surface area contributed by atoms with Crippen molar-refractivity contribution in [1.29, 1.82) is 0 Å². The molecule has 0 saturated carbocycles. The fourth-order valence-corrected chi connectivity index (χ4v) is 6.58. The summed E-state index contributed by atoms with van der Waals surface area (Å²) in [6.07, 6.45) is 1.27. The van der Waals surface area contributed by atoms with Gasteiger partial charge in [0.05, 0.1) is 18.8 Å². The van der Waals surface area contributed by atoms with Gasteiger partial charge in [0.15, 0.2) is 6.29 Å². The van der Waals surface area contributed by atoms with Gasteiger partial charge in [0.1, 0.15) is 11.6 Å². The van der Waals surface area contributed by atoms with Crippen molar-refractivity contribution in [2.75, 3.05) is 13.1 Å². The lowest BCUT2D eigenvalue weighted by Crippen LogP contribution is -2.45. The number of aliphatic hydroxyl groups excluding tert-OH is 1. The van der Waals surface area contributed by atoms with E-state index in [1.807, 2.05) is 87.5 Å². The summed E-state index contributed by atoms with van der Waals surface area (Å²) < 4.78 is 19.1. The number of hydrogen-bond acceptors (Lipinski definition) is 7. The van der Waals surface area contributed by atoms with Crippen molar-refractivity contribution < 1.29 is 28.9 Å². The normalized spacial score (nSPS) is 21.3. The maximum atomic E-state index is 13.1. The monoisotopic (exact) mass is 662 g/mol. The van der Waals surface area contributed by atoms with Gasteiger partial charge in [-0.1, -0.05) is 78.9 Å². The van der Waals surface area contributed by atoms with Crippen LogP contribution in [-0.4, -0.2) is 52.7 Å². The first kappa shape index (κ1) is 34.5. The Kier molecular flexibility index (Phi) is 10.9. The maximum Gasteiger partial charge on any atom is 0.323 e. The highest BCUT2D eigenvalue weighted by molar-refractivity contribution is 5.94. The third-order valence-corrected chi connectivity index (χ3v) is 9.00. The number of ether oxygens (including phenoxy) is 3. The molecule has 4 unspecified atom stereocenters. The molecule has 0 bridgehead atoms. The highest BCUT2D eigenvalue weighted by Crippen LogP contribution is 2.39. The fourth-order valence-electron chi connectivity index (χ4n) is 6.58. The van der Waals surface area contributed by atoms with Gasteiger partial charge < -0.3 is 24.6 Å². The summed E-state index contributed by atoms with van der Waals surface area (Å²) in [5, 5.41) is 12.6. The number of hydrogen-bond donors (Lipinski definition) is 2. The molecule has 4 aromatic carbocycles. The van der Waals surface area contributed by atoms with Gasteiger partial charge in [-0.2, -0.15) is 0 Å². The summed E-state index contributed by atoms with van der Waals surface area (Å²) >= 11 is 0. The Labute approximate surface area is 289 Å². The highest BCUT2D eigenvalue weighted by atomic mass is 16.7. The molecule has 2 aliphatic rings. The van der Waals surface area contributed by atoms with Crippen LogP contribution in [0.3, 0.4) is 0 Å². The van der Waals surface area contributed by atoms with Crippen molar-refractivity contribution in [3.63, 3.8) is 0 Å². The number of esters is 1. The van der Waals surface area contributed by atoms with Crippen molar-refractivity contribution >= 4 is 11.9 Å². The second-order valence-electron chi connectivity index (χ2n) is 13.9. The zero-order chi connectivity index (χ0) is 34.4. The topological polar surface area (TPSA) is 97.3 Å². The summed E-state index contributed by atoms with van der Waals surface area (Å²) in [6, 6.07) is 33.1. The first-order valence-corrected chi connectivity index (χ1v) is 17.2. The van der Waals surface area contributed by atoms with Gasteiger partial charge in [-0.3, -0.25) is 14.5 Å². The summed E-state index contributed by atoms with van der Waals surface area (Å²) in [4.78, 5) is 27.9. The number of carbonyl (C=O) groups excluding carboxylic acids is 2. The smallest absolute Gasteiger partial charge is 0.323 e. The van der Waals surface area contributed by atoms with Crippen molar-refractivity contribution in [2.24, 2.45) is 0 Å². The average Bonchev–Trinajstić information content (AvgIpc) is 3.58. The molecule has 0 radical (unpaired) electrons. The Bertz CT molecular complexity index is 1720. The molecule has 1 amide bonds. The maximum absolute atomic E-state index is 13.1. The third kappa shape index (κ3) is 9.02. The van der Waals surface area contributed by atoms with Crippen LogP contribution in [0.15, 0.2) is 103 Å². The van der Waals surface area contributed by atoms with Crippen LogP contribution in [0.5, 0.6) is 0 Å². The Morgan fingerprint density at radius 2 is 1.59 bits per heavy atom. The molecule has 2 heterocycles. The first-order valence-electron chi connectivity index (χ1n) is 17.2. The van der Waals surface area contributed by atoms with Gasteiger partial charge in [0.25, 0.3) is 5.91 Å². The van der Waals surface area contributed by atoms with E-state index in [1.54, 1.807) is 12.1 Å². The lowest BCUT2D eigenvalue weighted by atomic mass is 9.98. The SMILES string of the molecule is CC(C)(C)OC(=O)C1CCCN1CC1CC(c2ccc(CO)cc2)OC(c2cccc(-c3cccc(CNC(=O)c4ccccc4)c3)c2)O1. The number of rotatable bonds is 10. The van der Waals surface area contributed by atoms with Gasteiger partial charge >= 0.3 is 5.97 Å². The van der Waals surface area contributed by atoms with Crippen molar-refractivity contribution in [3.05, 3.63) is 131 Å². The van der Waals surface area contributed by atoms with E-state index in [4.69, 9.17) is 14.2 Å². The molecule has 2 fully saturated rings. The Morgan fingerprint density at radius 1 is 0.857 bits per heavy atom. The molecule has 2 aliphatic heterocycles. The van der Waals surface area contributed by atoms with E-state index in [2.05, 4.69) is 34.5 Å². The number of aliphatic hydroxyl groups is 1. The Balaban J connectivity index is 1.21. The quantitative estimate of drug-likeness (QED) is 0.175. The summed E-state index contributed by atoms with van der Waals surface area (Å²) in [5.41, 5.74) is 5.87. The third-order valence-electron chi connectivity index (χ3n) is 9.00. The minimum Gasteiger partial charge on any atom is -0.459 e. The predicted molar refractivity (Wildman–Crippen MR) is 188 cm³/mol. The molecule has 8 heteroatoms. The first-order chi connectivity index (χ1) is 23.6. The number of carbonyl (C=O) groups is 2. The summed E-state index contributed by atoms with van der Waals surface area (Å²) in [7, 11) is 0. The van der Waals surface area contributed by atoms with Crippen LogP contribution >= 0.6 is 0 Å². The zero-order valence-electron chi connectivity index (χ0n) is 28.5. The minimum atomic E-state index is -0.628. The average molecular weight is 663 g/mol. The summed E-state index contributed by atoms with van der Waals surface area (Å²) in [6.45, 7) is 7.49. The lowest BCUT2D eigenvalue weighted by molar-refractivity contribution is -0.253. The Hall–Kier alpha value is -4.34. The minimum absolute atomic E-state index is 0.0193. The van der Waals surface area contributed by atoms with Crippen LogP contribution in [0.1, 0.15) is 85.0 Å². The number of amides is 1. The largest absolute Gasteiger partial charge is 0.459 e. The molecular weight excluding hydrogens is 616 g/mol. The van der Waals surface area contributed by atoms with E-state index < -0.39 is 11.9 Å². The van der Waals surface area contributed by atoms with Gasteiger partial charge in [0.2, 0.25) is 0 Å². The van der Waals surface area contributed by atoms with Gasteiger partial charge in [-0.15, -0.1) is 0 Å². The molecule has 4 aromatic rings. The highest BCUT2D eigenvalue weighted by Gasteiger charge is 2.39. The molecule has 2 saturated heterocycles. The van der Waals surface area contributed by atoms with Crippen LogP contribution in [0.4, 0.5) is 0 Å². The van der Waals surface area contributed by atoms with Crippen molar-refractivity contribution in [1.82, 2.24) is 10.2 Å². The number of benzene rings is 4. The molecule has 0 aliphatic carbocycles. The second kappa shape index (κ2) is 15.5. The molecule has 2 N–H and O–H groups in total. The molecule has 256 valence electrons. The van der Waals surface area contributed by atoms with E-state index in [0.29, 0.717) is 25.1 Å². The molecule has 0 aromatic heterocycles. The zero-order valence-corrected chi connectivity index (χ0v) is 28.5. The molecular formula is C41H46N2O6. The van der Waals surface area contributed by atoms with Crippen LogP contribution < -0.4 is 5.32 Å². The predicted octanol–water partition coefficient (Wildman–Crippen LogP) is 7.13. The van der Waals surface area contributed by atoms with Gasteiger partial charge in [0, 0.05) is 30.6 Å². The van der Waals surface area contributed by atoms with E-state index in [0.717, 1.165) is 52.8 Å². The lowest BCUT2D eigenvalue weighted by Gasteiger charge is -2.38. The van der Waals surface area contributed by atoms with Crippen molar-refractivity contribution in [3.8, 4) is 11.1 Å². The van der Waals surface area contributed by atoms with Crippen LogP contribution in [0.2, 0.25) is 0 Å².